The molecule has 2 aliphatic rings. The first kappa shape index (κ1) is 13.8. The van der Waals surface area contributed by atoms with Crippen molar-refractivity contribution >= 4 is 5.91 Å². The Balaban J connectivity index is 1.81. The van der Waals surface area contributed by atoms with E-state index in [0.29, 0.717) is 13.1 Å². The average molecular weight is 253 g/mol. The molecule has 0 spiro atoms. The highest BCUT2D eigenvalue weighted by Gasteiger charge is 2.30. The third-order valence-corrected chi connectivity index (χ3v) is 4.36. The number of nitrogens with two attached hydrogens (primary N) is 1. The molecule has 2 fully saturated rings. The van der Waals surface area contributed by atoms with Crippen molar-refractivity contribution in [3.63, 3.8) is 0 Å². The second-order valence-corrected chi connectivity index (χ2v) is 5.71. The molecule has 104 valence electrons. The molecule has 0 aromatic heterocycles. The molecule has 1 unspecified atom stereocenters. The van der Waals surface area contributed by atoms with E-state index in [1.807, 2.05) is 0 Å². The molecule has 1 heterocycles. The molecule has 1 amide bonds. The van der Waals surface area contributed by atoms with E-state index in [2.05, 4.69) is 10.2 Å². The predicted molar refractivity (Wildman–Crippen MR) is 73.2 cm³/mol. The van der Waals surface area contributed by atoms with E-state index in [-0.39, 0.29) is 11.8 Å². The number of amides is 1. The zero-order valence-electron chi connectivity index (χ0n) is 11.4. The highest BCUT2D eigenvalue weighted by Crippen LogP contribution is 2.27. The summed E-state index contributed by atoms with van der Waals surface area (Å²) in [6.07, 6.45) is 8.99. The van der Waals surface area contributed by atoms with Gasteiger partial charge in [-0.2, -0.15) is 0 Å². The molecular formula is C14H27N3O. The van der Waals surface area contributed by atoms with Crippen LogP contribution in [0, 0.1) is 5.92 Å². The molecular weight excluding hydrogens is 226 g/mol. The number of carbonyl (C=O) groups is 1. The number of likely N-dealkylation sites (tertiary alicyclic amines) is 1. The van der Waals surface area contributed by atoms with Crippen molar-refractivity contribution in [2.45, 2.75) is 51.0 Å². The van der Waals surface area contributed by atoms with Crippen LogP contribution in [0.1, 0.15) is 44.9 Å². The van der Waals surface area contributed by atoms with E-state index in [4.69, 9.17) is 5.73 Å². The standard InChI is InChI=1S/C14H27N3O/c15-8-9-16-14(18)12-5-4-10-17(11-12)13-6-2-1-3-7-13/h12-13H,1-11,15H2,(H,16,18). The van der Waals surface area contributed by atoms with Gasteiger partial charge in [-0.05, 0) is 32.2 Å². The zero-order chi connectivity index (χ0) is 12.8. The van der Waals surface area contributed by atoms with Crippen LogP contribution < -0.4 is 11.1 Å². The van der Waals surface area contributed by atoms with E-state index in [0.717, 1.165) is 25.4 Å². The number of nitrogens with zero attached hydrogens (tertiary/aromatic N) is 1. The fourth-order valence-corrected chi connectivity index (χ4v) is 3.34. The number of nitrogens with one attached hydrogen (secondary N) is 1. The van der Waals surface area contributed by atoms with E-state index in [9.17, 15) is 4.79 Å². The van der Waals surface area contributed by atoms with Gasteiger partial charge in [0.1, 0.15) is 0 Å². The van der Waals surface area contributed by atoms with Gasteiger partial charge in [0, 0.05) is 25.7 Å². The fourth-order valence-electron chi connectivity index (χ4n) is 3.34. The quantitative estimate of drug-likeness (QED) is 0.789. The lowest BCUT2D eigenvalue weighted by molar-refractivity contribution is -0.127. The van der Waals surface area contributed by atoms with Crippen LogP contribution in [0.4, 0.5) is 0 Å². The van der Waals surface area contributed by atoms with Gasteiger partial charge in [0.15, 0.2) is 0 Å². The topological polar surface area (TPSA) is 58.4 Å². The van der Waals surface area contributed by atoms with Crippen LogP contribution in [0.25, 0.3) is 0 Å². The first-order valence-electron chi connectivity index (χ1n) is 7.53. The van der Waals surface area contributed by atoms with Crippen LogP contribution in [-0.4, -0.2) is 43.0 Å². The van der Waals surface area contributed by atoms with Gasteiger partial charge in [0.2, 0.25) is 5.91 Å². The van der Waals surface area contributed by atoms with Crippen LogP contribution in [0.3, 0.4) is 0 Å². The van der Waals surface area contributed by atoms with Gasteiger partial charge in [0.25, 0.3) is 0 Å². The second-order valence-electron chi connectivity index (χ2n) is 5.71. The largest absolute Gasteiger partial charge is 0.355 e. The third-order valence-electron chi connectivity index (χ3n) is 4.36. The lowest BCUT2D eigenvalue weighted by atomic mass is 9.90. The summed E-state index contributed by atoms with van der Waals surface area (Å²) in [6.45, 7) is 3.29. The molecule has 3 N–H and O–H groups in total. The van der Waals surface area contributed by atoms with E-state index in [1.54, 1.807) is 0 Å². The number of rotatable bonds is 4. The van der Waals surface area contributed by atoms with E-state index in [1.165, 1.54) is 38.6 Å². The maximum atomic E-state index is 12.0. The number of piperidine rings is 1. The van der Waals surface area contributed by atoms with Crippen molar-refractivity contribution in [2.75, 3.05) is 26.2 Å². The zero-order valence-corrected chi connectivity index (χ0v) is 11.4. The first-order valence-corrected chi connectivity index (χ1v) is 7.53. The Bertz CT molecular complexity index is 264. The second kappa shape index (κ2) is 7.10. The molecule has 18 heavy (non-hydrogen) atoms. The minimum absolute atomic E-state index is 0.187. The summed E-state index contributed by atoms with van der Waals surface area (Å²) >= 11 is 0. The Morgan fingerprint density at radius 1 is 1.17 bits per heavy atom. The Labute approximate surface area is 110 Å². The number of carbonyl (C=O) groups excluding carboxylic acids is 1. The average Bonchev–Trinajstić information content (AvgIpc) is 2.46. The lowest BCUT2D eigenvalue weighted by Crippen LogP contribution is -2.48. The van der Waals surface area contributed by atoms with E-state index >= 15 is 0 Å². The molecule has 1 saturated carbocycles. The Morgan fingerprint density at radius 2 is 1.94 bits per heavy atom. The summed E-state index contributed by atoms with van der Waals surface area (Å²) in [5.74, 6) is 0.396. The first-order chi connectivity index (χ1) is 8.81. The fraction of sp³-hybridized carbons (Fsp3) is 0.929. The summed E-state index contributed by atoms with van der Waals surface area (Å²) < 4.78 is 0. The van der Waals surface area contributed by atoms with Gasteiger partial charge >= 0.3 is 0 Å². The van der Waals surface area contributed by atoms with Crippen LogP contribution in [0.5, 0.6) is 0 Å². The molecule has 4 nitrogen and oxygen atoms in total. The van der Waals surface area contributed by atoms with Crippen LogP contribution >= 0.6 is 0 Å². The normalized spacial score (nSPS) is 27.1. The number of hydrogen-bond acceptors (Lipinski definition) is 3. The molecule has 0 aromatic rings. The SMILES string of the molecule is NCCNC(=O)C1CCCN(C2CCCCC2)C1. The smallest absolute Gasteiger partial charge is 0.224 e. The summed E-state index contributed by atoms with van der Waals surface area (Å²) in [5, 5.41) is 2.93. The van der Waals surface area contributed by atoms with Crippen molar-refractivity contribution in [1.29, 1.82) is 0 Å². The van der Waals surface area contributed by atoms with Crippen LogP contribution in [0.15, 0.2) is 0 Å². The summed E-state index contributed by atoms with van der Waals surface area (Å²) in [5.41, 5.74) is 5.43. The monoisotopic (exact) mass is 253 g/mol. The predicted octanol–water partition coefficient (Wildman–Crippen LogP) is 1.11. The van der Waals surface area contributed by atoms with Crippen LogP contribution in [-0.2, 0) is 4.79 Å². The molecule has 0 aromatic carbocycles. The van der Waals surface area contributed by atoms with Crippen molar-refractivity contribution < 1.29 is 4.79 Å². The summed E-state index contributed by atoms with van der Waals surface area (Å²) in [6, 6.07) is 0.740. The molecule has 1 atom stereocenters. The Morgan fingerprint density at radius 3 is 2.67 bits per heavy atom. The van der Waals surface area contributed by atoms with Gasteiger partial charge in [0.05, 0.1) is 5.92 Å². The molecule has 0 bridgehead atoms. The highest BCUT2D eigenvalue weighted by atomic mass is 16.1. The highest BCUT2D eigenvalue weighted by molar-refractivity contribution is 5.78. The molecule has 1 aliphatic heterocycles. The number of hydrogen-bond donors (Lipinski definition) is 2. The maximum absolute atomic E-state index is 12.0. The summed E-state index contributed by atoms with van der Waals surface area (Å²) in [4.78, 5) is 14.6. The van der Waals surface area contributed by atoms with Crippen LogP contribution in [0.2, 0.25) is 0 Å². The summed E-state index contributed by atoms with van der Waals surface area (Å²) in [7, 11) is 0. The van der Waals surface area contributed by atoms with Crippen molar-refractivity contribution in [3.8, 4) is 0 Å². The Hall–Kier alpha value is -0.610. The van der Waals surface area contributed by atoms with Crippen molar-refractivity contribution in [3.05, 3.63) is 0 Å². The van der Waals surface area contributed by atoms with E-state index < -0.39 is 0 Å². The van der Waals surface area contributed by atoms with Gasteiger partial charge in [-0.15, -0.1) is 0 Å². The van der Waals surface area contributed by atoms with Gasteiger partial charge in [-0.3, -0.25) is 9.69 Å². The molecule has 0 radical (unpaired) electrons. The van der Waals surface area contributed by atoms with Gasteiger partial charge < -0.3 is 11.1 Å². The van der Waals surface area contributed by atoms with Gasteiger partial charge in [-0.25, -0.2) is 0 Å². The molecule has 2 rings (SSSR count). The lowest BCUT2D eigenvalue weighted by Gasteiger charge is -2.39. The Kier molecular flexibility index (Phi) is 5.45. The maximum Gasteiger partial charge on any atom is 0.224 e. The van der Waals surface area contributed by atoms with Crippen molar-refractivity contribution in [1.82, 2.24) is 10.2 Å². The third kappa shape index (κ3) is 3.69. The molecule has 1 saturated heterocycles. The van der Waals surface area contributed by atoms with Crippen molar-refractivity contribution in [2.24, 2.45) is 11.7 Å². The molecule has 4 heteroatoms. The molecule has 1 aliphatic carbocycles. The van der Waals surface area contributed by atoms with Gasteiger partial charge in [-0.1, -0.05) is 19.3 Å². The minimum atomic E-state index is 0.187. The minimum Gasteiger partial charge on any atom is -0.355 e.